The van der Waals surface area contributed by atoms with Crippen molar-refractivity contribution >= 4 is 29.0 Å². The Bertz CT molecular complexity index is 569. The normalized spacial score (nSPS) is 10.4. The molecule has 2 rings (SSSR count). The summed E-state index contributed by atoms with van der Waals surface area (Å²) in [6, 6.07) is 7.18. The lowest BCUT2D eigenvalue weighted by molar-refractivity contribution is -0.115. The number of rotatable bonds is 5. The van der Waals surface area contributed by atoms with Crippen molar-refractivity contribution in [3.05, 3.63) is 30.1 Å². The lowest BCUT2D eigenvalue weighted by Crippen LogP contribution is -2.13. The number of amides is 1. The predicted molar refractivity (Wildman–Crippen MR) is 75.9 cm³/mol. The van der Waals surface area contributed by atoms with E-state index in [0.717, 1.165) is 5.82 Å². The van der Waals surface area contributed by atoms with Crippen LogP contribution in [-0.2, 0) is 4.79 Å². The number of nitrogens with one attached hydrogen (secondary N) is 2. The molecule has 0 unspecified atom stereocenters. The Morgan fingerprint density at radius 2 is 2.26 bits per heavy atom. The van der Waals surface area contributed by atoms with Crippen molar-refractivity contribution < 1.29 is 4.79 Å². The third-order valence-corrected chi connectivity index (χ3v) is 3.22. The Hall–Kier alpha value is -2.02. The number of aromatic amines is 1. The molecule has 0 saturated carbocycles. The number of hydrogen-bond donors (Lipinski definition) is 3. The number of nitrogens with two attached hydrogens (primary N) is 1. The lowest BCUT2D eigenvalue weighted by Gasteiger charge is -2.06. The topological polar surface area (TPSA) is 96.7 Å². The van der Waals surface area contributed by atoms with Crippen molar-refractivity contribution in [1.82, 2.24) is 15.2 Å². The number of benzene rings is 1. The van der Waals surface area contributed by atoms with Crippen LogP contribution in [0, 0.1) is 6.92 Å². The molecule has 1 aromatic heterocycles. The zero-order valence-electron chi connectivity index (χ0n) is 10.5. The minimum absolute atomic E-state index is 0.0716. The maximum absolute atomic E-state index is 11.7. The van der Waals surface area contributed by atoms with Gasteiger partial charge in [0.15, 0.2) is 0 Å². The zero-order chi connectivity index (χ0) is 13.7. The van der Waals surface area contributed by atoms with Gasteiger partial charge in [-0.2, -0.15) is 0 Å². The third-order valence-electron chi connectivity index (χ3n) is 2.37. The van der Waals surface area contributed by atoms with E-state index in [4.69, 9.17) is 5.73 Å². The summed E-state index contributed by atoms with van der Waals surface area (Å²) < 4.78 is 0. The van der Waals surface area contributed by atoms with Crippen LogP contribution < -0.4 is 11.1 Å². The van der Waals surface area contributed by atoms with Crippen LogP contribution in [0.2, 0.25) is 0 Å². The third kappa shape index (κ3) is 3.99. The molecule has 6 nitrogen and oxygen atoms in total. The van der Waals surface area contributed by atoms with E-state index in [1.165, 1.54) is 11.8 Å². The largest absolute Gasteiger partial charge is 0.397 e. The summed E-state index contributed by atoms with van der Waals surface area (Å²) in [5.41, 5.74) is 6.95. The number of hydrogen-bond acceptors (Lipinski definition) is 5. The number of thioether (sulfide) groups is 1. The molecule has 0 saturated heterocycles. The van der Waals surface area contributed by atoms with Crippen molar-refractivity contribution in [2.45, 2.75) is 18.5 Å². The molecule has 0 aliphatic heterocycles. The van der Waals surface area contributed by atoms with Crippen molar-refractivity contribution in [3.63, 3.8) is 0 Å². The molecule has 0 aliphatic rings. The molecule has 1 amide bonds. The summed E-state index contributed by atoms with van der Waals surface area (Å²) >= 11 is 1.44. The van der Waals surface area contributed by atoms with Gasteiger partial charge < -0.3 is 11.1 Å². The fraction of sp³-hybridized carbons (Fsp3) is 0.250. The van der Waals surface area contributed by atoms with E-state index in [-0.39, 0.29) is 5.91 Å². The monoisotopic (exact) mass is 277 g/mol. The van der Waals surface area contributed by atoms with E-state index in [0.29, 0.717) is 28.7 Å². The van der Waals surface area contributed by atoms with Crippen LogP contribution in [-0.4, -0.2) is 26.8 Å². The maximum Gasteiger partial charge on any atom is 0.225 e. The number of H-pyrrole nitrogens is 1. The fourth-order valence-electron chi connectivity index (χ4n) is 1.45. The summed E-state index contributed by atoms with van der Waals surface area (Å²) in [5.74, 6) is 1.32. The van der Waals surface area contributed by atoms with Crippen LogP contribution >= 0.6 is 11.8 Å². The summed E-state index contributed by atoms with van der Waals surface area (Å²) in [6.45, 7) is 1.84. The van der Waals surface area contributed by atoms with Crippen LogP contribution in [0.4, 0.5) is 11.4 Å². The van der Waals surface area contributed by atoms with Gasteiger partial charge in [0, 0.05) is 12.2 Å². The van der Waals surface area contributed by atoms with Crippen molar-refractivity contribution in [2.75, 3.05) is 16.8 Å². The van der Waals surface area contributed by atoms with Gasteiger partial charge in [0.1, 0.15) is 5.82 Å². The molecule has 4 N–H and O–H groups in total. The molecule has 0 atom stereocenters. The maximum atomic E-state index is 11.7. The Morgan fingerprint density at radius 1 is 1.47 bits per heavy atom. The molecule has 7 heteroatoms. The van der Waals surface area contributed by atoms with Gasteiger partial charge in [-0.25, -0.2) is 4.98 Å². The second-order valence-corrected chi connectivity index (χ2v) is 5.00. The van der Waals surface area contributed by atoms with Gasteiger partial charge in [-0.15, -0.1) is 5.10 Å². The molecule has 1 aromatic carbocycles. The molecule has 19 heavy (non-hydrogen) atoms. The number of carbonyl (C=O) groups is 1. The summed E-state index contributed by atoms with van der Waals surface area (Å²) in [7, 11) is 0. The molecule has 0 fully saturated rings. The molecule has 0 aliphatic carbocycles. The van der Waals surface area contributed by atoms with Crippen LogP contribution in [0.3, 0.4) is 0 Å². The van der Waals surface area contributed by atoms with E-state index < -0.39 is 0 Å². The van der Waals surface area contributed by atoms with E-state index >= 15 is 0 Å². The van der Waals surface area contributed by atoms with E-state index in [1.807, 2.05) is 19.1 Å². The van der Waals surface area contributed by atoms with Gasteiger partial charge in [-0.3, -0.25) is 9.89 Å². The first-order valence-electron chi connectivity index (χ1n) is 5.81. The van der Waals surface area contributed by atoms with Crippen LogP contribution in [0.15, 0.2) is 29.4 Å². The van der Waals surface area contributed by atoms with Gasteiger partial charge in [-0.1, -0.05) is 23.9 Å². The molecule has 2 aromatic rings. The number of para-hydroxylation sites is 2. The summed E-state index contributed by atoms with van der Waals surface area (Å²) in [4.78, 5) is 15.9. The highest BCUT2D eigenvalue weighted by atomic mass is 32.2. The average molecular weight is 277 g/mol. The predicted octanol–water partition coefficient (Wildman–Crippen LogP) is 1.82. The highest BCUT2D eigenvalue weighted by molar-refractivity contribution is 7.99. The Labute approximate surface area is 115 Å². The average Bonchev–Trinajstić information content (AvgIpc) is 2.78. The highest BCUT2D eigenvalue weighted by Crippen LogP contribution is 2.18. The number of aromatic nitrogens is 3. The molecule has 0 spiro atoms. The van der Waals surface area contributed by atoms with Crippen molar-refractivity contribution in [3.8, 4) is 0 Å². The lowest BCUT2D eigenvalue weighted by atomic mass is 10.2. The fourth-order valence-corrected chi connectivity index (χ4v) is 2.23. The molecule has 0 radical (unpaired) electrons. The Balaban J connectivity index is 1.77. The van der Waals surface area contributed by atoms with Crippen LogP contribution in [0.25, 0.3) is 0 Å². The Kier molecular flexibility index (Phi) is 4.40. The van der Waals surface area contributed by atoms with E-state index in [2.05, 4.69) is 20.5 Å². The number of nitrogens with zero attached hydrogens (tertiary/aromatic N) is 2. The first-order valence-corrected chi connectivity index (χ1v) is 6.80. The zero-order valence-corrected chi connectivity index (χ0v) is 11.3. The van der Waals surface area contributed by atoms with Crippen LogP contribution in [0.5, 0.6) is 0 Å². The standard InChI is InChI=1S/C12H15N5OS/c1-8-14-12(17-16-8)19-7-6-11(18)15-10-5-3-2-4-9(10)13/h2-5H,6-7,13H2,1H3,(H,15,18)(H,14,16,17). The number of nitrogen functional groups attached to an aromatic ring is 1. The van der Waals surface area contributed by atoms with Gasteiger partial charge >= 0.3 is 0 Å². The van der Waals surface area contributed by atoms with Gasteiger partial charge in [-0.05, 0) is 19.1 Å². The quantitative estimate of drug-likeness (QED) is 0.572. The van der Waals surface area contributed by atoms with Crippen molar-refractivity contribution in [1.29, 1.82) is 0 Å². The molecular weight excluding hydrogens is 262 g/mol. The second kappa shape index (κ2) is 6.24. The SMILES string of the molecule is Cc1nc(SCCC(=O)Nc2ccccc2N)n[nH]1. The minimum atomic E-state index is -0.0716. The molecule has 1 heterocycles. The molecular formula is C12H15N5OS. The Morgan fingerprint density at radius 3 is 2.95 bits per heavy atom. The van der Waals surface area contributed by atoms with Crippen LogP contribution in [0.1, 0.15) is 12.2 Å². The highest BCUT2D eigenvalue weighted by Gasteiger charge is 2.06. The number of carbonyl (C=O) groups excluding carboxylic acids is 1. The van der Waals surface area contributed by atoms with E-state index in [9.17, 15) is 4.79 Å². The van der Waals surface area contributed by atoms with Gasteiger partial charge in [0.2, 0.25) is 11.1 Å². The first kappa shape index (κ1) is 13.4. The van der Waals surface area contributed by atoms with Crippen molar-refractivity contribution in [2.24, 2.45) is 0 Å². The smallest absolute Gasteiger partial charge is 0.225 e. The summed E-state index contributed by atoms with van der Waals surface area (Å²) in [6.07, 6.45) is 0.382. The first-order chi connectivity index (χ1) is 9.15. The van der Waals surface area contributed by atoms with E-state index in [1.54, 1.807) is 12.1 Å². The van der Waals surface area contributed by atoms with Gasteiger partial charge in [0.05, 0.1) is 11.4 Å². The summed E-state index contributed by atoms with van der Waals surface area (Å²) in [5, 5.41) is 10.2. The number of aryl methyl sites for hydroxylation is 1. The molecule has 0 bridgehead atoms. The second-order valence-electron chi connectivity index (χ2n) is 3.94. The minimum Gasteiger partial charge on any atom is -0.397 e. The van der Waals surface area contributed by atoms with Gasteiger partial charge in [0.25, 0.3) is 0 Å². The molecule has 100 valence electrons. The number of anilines is 2.